The first-order chi connectivity index (χ1) is 17.4. The fraction of sp³-hybridized carbons (Fsp3) is 0.296. The highest BCUT2D eigenvalue weighted by Gasteiger charge is 2.42. The molecule has 1 aliphatic heterocycles. The molecule has 0 amide bonds. The predicted octanol–water partition coefficient (Wildman–Crippen LogP) is 6.42. The highest BCUT2D eigenvalue weighted by molar-refractivity contribution is 7.98. The number of allylic oxidation sites excluding steroid dienone is 2. The molecular weight excluding hydrogens is 506 g/mol. The standard InChI is InChI=1S/C27H23F4N3O2S/c1-26(2)11-18-21(19(35)12-26)20(15-5-7-16(8-6-15)27(29,30)31)22-23(32-18)33-25(34-24(22)36)37-13-14-3-9-17(28)10-4-14/h3-10,20H,11-13H2,1-2H3,(H2,32,33,34,36). The number of alkyl halides is 3. The summed E-state index contributed by atoms with van der Waals surface area (Å²) in [5.41, 5.74) is 0.854. The van der Waals surface area contributed by atoms with Crippen LogP contribution in [0.2, 0.25) is 0 Å². The summed E-state index contributed by atoms with van der Waals surface area (Å²) in [6.45, 7) is 3.93. The summed E-state index contributed by atoms with van der Waals surface area (Å²) in [6.07, 6.45) is -3.72. The Kier molecular flexibility index (Phi) is 6.26. The minimum Gasteiger partial charge on any atom is -0.343 e. The van der Waals surface area contributed by atoms with Crippen LogP contribution >= 0.6 is 11.8 Å². The van der Waals surface area contributed by atoms with Gasteiger partial charge in [-0.1, -0.05) is 49.9 Å². The SMILES string of the molecule is CC1(C)CC(=O)C2=C(C1)Nc1nc(SCc3ccc(F)cc3)[nH]c(=O)c1C2c1ccc(C(F)(F)F)cc1. The lowest BCUT2D eigenvalue weighted by molar-refractivity contribution is -0.137. The van der Waals surface area contributed by atoms with Crippen molar-refractivity contribution in [1.82, 2.24) is 9.97 Å². The van der Waals surface area contributed by atoms with E-state index in [1.165, 1.54) is 36.0 Å². The molecular formula is C27H23F4N3O2S. The molecule has 5 rings (SSSR count). The molecule has 1 aromatic heterocycles. The third-order valence-electron chi connectivity index (χ3n) is 6.56. The summed E-state index contributed by atoms with van der Waals surface area (Å²) >= 11 is 1.26. The van der Waals surface area contributed by atoms with Crippen molar-refractivity contribution in [3.63, 3.8) is 0 Å². The van der Waals surface area contributed by atoms with Gasteiger partial charge in [0.2, 0.25) is 0 Å². The third-order valence-corrected chi connectivity index (χ3v) is 7.50. The number of fused-ring (bicyclic) bond motifs is 1. The molecule has 1 atom stereocenters. The number of halogens is 4. The van der Waals surface area contributed by atoms with Gasteiger partial charge in [0.05, 0.1) is 11.1 Å². The Bertz CT molecular complexity index is 1460. The number of rotatable bonds is 4. The molecule has 5 nitrogen and oxygen atoms in total. The summed E-state index contributed by atoms with van der Waals surface area (Å²) in [4.78, 5) is 34.0. The van der Waals surface area contributed by atoms with Crippen LogP contribution in [0.15, 0.2) is 69.8 Å². The van der Waals surface area contributed by atoms with E-state index >= 15 is 0 Å². The number of aromatic nitrogens is 2. The molecule has 0 spiro atoms. The molecule has 37 heavy (non-hydrogen) atoms. The number of carbonyl (C=O) groups excluding carboxylic acids is 1. The third kappa shape index (κ3) is 5.07. The highest BCUT2D eigenvalue weighted by atomic mass is 32.2. The Balaban J connectivity index is 1.57. The van der Waals surface area contributed by atoms with Crippen LogP contribution in [0.3, 0.4) is 0 Å². The van der Waals surface area contributed by atoms with Crippen molar-refractivity contribution in [2.24, 2.45) is 5.41 Å². The van der Waals surface area contributed by atoms with Crippen LogP contribution in [0.25, 0.3) is 0 Å². The molecule has 0 fully saturated rings. The van der Waals surface area contributed by atoms with Crippen LogP contribution < -0.4 is 10.9 Å². The van der Waals surface area contributed by atoms with Gasteiger partial charge >= 0.3 is 6.18 Å². The summed E-state index contributed by atoms with van der Waals surface area (Å²) in [5, 5.41) is 3.52. The van der Waals surface area contributed by atoms with Gasteiger partial charge in [0.25, 0.3) is 5.56 Å². The van der Waals surface area contributed by atoms with Gasteiger partial charge in [0.15, 0.2) is 10.9 Å². The maximum absolute atomic E-state index is 13.3. The number of aromatic amines is 1. The molecule has 2 heterocycles. The number of ketones is 1. The van der Waals surface area contributed by atoms with Crippen molar-refractivity contribution in [3.05, 3.63) is 98.2 Å². The molecule has 3 aromatic rings. The van der Waals surface area contributed by atoms with Gasteiger partial charge in [0.1, 0.15) is 11.6 Å². The first-order valence-corrected chi connectivity index (χ1v) is 12.6. The number of thioether (sulfide) groups is 1. The second-order valence-corrected chi connectivity index (χ2v) is 11.0. The van der Waals surface area contributed by atoms with Gasteiger partial charge in [-0.25, -0.2) is 9.37 Å². The second kappa shape index (κ2) is 9.16. The molecule has 1 aliphatic carbocycles. The van der Waals surface area contributed by atoms with Crippen molar-refractivity contribution in [1.29, 1.82) is 0 Å². The van der Waals surface area contributed by atoms with Crippen LogP contribution in [-0.2, 0) is 16.7 Å². The molecule has 2 N–H and O–H groups in total. The molecule has 0 bridgehead atoms. The number of anilines is 1. The van der Waals surface area contributed by atoms with Crippen LogP contribution in [-0.4, -0.2) is 15.8 Å². The van der Waals surface area contributed by atoms with Crippen LogP contribution in [0.5, 0.6) is 0 Å². The highest BCUT2D eigenvalue weighted by Crippen LogP contribution is 2.48. The molecule has 1 unspecified atom stereocenters. The molecule has 0 radical (unpaired) electrons. The lowest BCUT2D eigenvalue weighted by Crippen LogP contribution is -2.37. The molecule has 2 aliphatic rings. The topological polar surface area (TPSA) is 74.8 Å². The van der Waals surface area contributed by atoms with E-state index in [2.05, 4.69) is 15.3 Å². The molecule has 2 aromatic carbocycles. The zero-order chi connectivity index (χ0) is 26.5. The Morgan fingerprint density at radius 3 is 2.35 bits per heavy atom. The first kappa shape index (κ1) is 25.3. The summed E-state index contributed by atoms with van der Waals surface area (Å²) < 4.78 is 52.8. The fourth-order valence-electron chi connectivity index (χ4n) is 4.89. The summed E-state index contributed by atoms with van der Waals surface area (Å²) in [5.74, 6) is -0.627. The van der Waals surface area contributed by atoms with Gasteiger partial charge < -0.3 is 10.3 Å². The number of H-pyrrole nitrogens is 1. The van der Waals surface area contributed by atoms with Crippen LogP contribution in [0, 0.1) is 11.2 Å². The minimum absolute atomic E-state index is 0.150. The van der Waals surface area contributed by atoms with E-state index in [0.29, 0.717) is 34.2 Å². The molecule has 192 valence electrons. The van der Waals surface area contributed by atoms with Gasteiger partial charge in [-0.15, -0.1) is 0 Å². The number of nitrogens with one attached hydrogen (secondary N) is 2. The summed E-state index contributed by atoms with van der Waals surface area (Å²) in [6, 6.07) is 10.5. The summed E-state index contributed by atoms with van der Waals surface area (Å²) in [7, 11) is 0. The second-order valence-electron chi connectivity index (χ2n) is 10.1. The van der Waals surface area contributed by atoms with E-state index in [9.17, 15) is 27.2 Å². The van der Waals surface area contributed by atoms with Gasteiger partial charge in [-0.2, -0.15) is 13.2 Å². The predicted molar refractivity (Wildman–Crippen MR) is 133 cm³/mol. The van der Waals surface area contributed by atoms with Gasteiger partial charge in [0, 0.05) is 29.4 Å². The minimum atomic E-state index is -4.50. The van der Waals surface area contributed by atoms with Gasteiger partial charge in [-0.3, -0.25) is 9.59 Å². The van der Waals surface area contributed by atoms with E-state index in [-0.39, 0.29) is 34.8 Å². The zero-order valence-corrected chi connectivity index (χ0v) is 20.8. The fourth-order valence-corrected chi connectivity index (χ4v) is 5.71. The largest absolute Gasteiger partial charge is 0.416 e. The lowest BCUT2D eigenvalue weighted by atomic mass is 9.69. The number of benzene rings is 2. The molecule has 0 saturated carbocycles. The van der Waals surface area contributed by atoms with Gasteiger partial charge in [-0.05, 0) is 47.2 Å². The molecule has 10 heteroatoms. The van der Waals surface area contributed by atoms with Crippen molar-refractivity contribution >= 4 is 23.4 Å². The molecule has 0 saturated heterocycles. The van der Waals surface area contributed by atoms with Crippen molar-refractivity contribution < 1.29 is 22.4 Å². The smallest absolute Gasteiger partial charge is 0.343 e. The Morgan fingerprint density at radius 2 is 1.70 bits per heavy atom. The maximum atomic E-state index is 13.3. The lowest BCUT2D eigenvalue weighted by Gasteiger charge is -2.38. The number of hydrogen-bond donors (Lipinski definition) is 2. The Hall–Kier alpha value is -3.40. The number of hydrogen-bond acceptors (Lipinski definition) is 5. The van der Waals surface area contributed by atoms with Crippen molar-refractivity contribution in [3.8, 4) is 0 Å². The Morgan fingerprint density at radius 1 is 1.03 bits per heavy atom. The quantitative estimate of drug-likeness (QED) is 0.232. The van der Waals surface area contributed by atoms with Crippen molar-refractivity contribution in [2.75, 3.05) is 5.32 Å². The van der Waals surface area contributed by atoms with Crippen LogP contribution in [0.4, 0.5) is 23.4 Å². The van der Waals surface area contributed by atoms with E-state index in [4.69, 9.17) is 0 Å². The average Bonchev–Trinajstić information content (AvgIpc) is 2.81. The zero-order valence-electron chi connectivity index (χ0n) is 20.0. The van der Waals surface area contributed by atoms with E-state index < -0.39 is 23.2 Å². The Labute approximate surface area is 214 Å². The van der Waals surface area contributed by atoms with Crippen LogP contribution in [0.1, 0.15) is 54.9 Å². The van der Waals surface area contributed by atoms with E-state index in [1.54, 1.807) is 12.1 Å². The number of Topliss-reactive ketones (excluding diaryl/α,β-unsaturated/α-hetero) is 1. The normalized spacial score (nSPS) is 18.8. The maximum Gasteiger partial charge on any atom is 0.416 e. The van der Waals surface area contributed by atoms with E-state index in [0.717, 1.165) is 17.7 Å². The monoisotopic (exact) mass is 529 g/mol. The van der Waals surface area contributed by atoms with Crippen molar-refractivity contribution in [2.45, 2.75) is 49.7 Å². The first-order valence-electron chi connectivity index (χ1n) is 11.6. The number of nitrogens with zero attached hydrogens (tertiary/aromatic N) is 1. The van der Waals surface area contributed by atoms with E-state index in [1.807, 2.05) is 13.8 Å². The number of carbonyl (C=O) groups is 1. The average molecular weight is 530 g/mol.